The van der Waals surface area contributed by atoms with Gasteiger partial charge in [-0.15, -0.1) is 24.8 Å². The maximum Gasteiger partial charge on any atom is 0.0958 e. The van der Waals surface area contributed by atoms with Crippen molar-refractivity contribution >= 4 is 35.8 Å². The Kier molecular flexibility index (Phi) is 6.31. The van der Waals surface area contributed by atoms with Gasteiger partial charge in [0.25, 0.3) is 0 Å². The largest absolute Gasteiger partial charge is 0.330 e. The molecule has 20 heavy (non-hydrogen) atoms. The Morgan fingerprint density at radius 1 is 1.15 bits per heavy atom. The van der Waals surface area contributed by atoms with Gasteiger partial charge in [-0.2, -0.15) is 0 Å². The van der Waals surface area contributed by atoms with E-state index in [1.807, 2.05) is 6.33 Å². The second kappa shape index (κ2) is 7.30. The summed E-state index contributed by atoms with van der Waals surface area (Å²) in [5.74, 6) is 0.797. The Labute approximate surface area is 133 Å². The molecule has 0 atom stereocenters. The Hall–Kier alpha value is -0.770. The molecular weight excluding hydrogens is 293 g/mol. The van der Waals surface area contributed by atoms with E-state index in [0.29, 0.717) is 0 Å². The highest BCUT2D eigenvalue weighted by Gasteiger charge is 2.15. The van der Waals surface area contributed by atoms with E-state index in [4.69, 9.17) is 0 Å². The van der Waals surface area contributed by atoms with E-state index in [9.17, 15) is 0 Å². The second-order valence-electron chi connectivity index (χ2n) is 5.52. The predicted octanol–water partition coefficient (Wildman–Crippen LogP) is 3.50. The summed E-state index contributed by atoms with van der Waals surface area (Å²) < 4.78 is 2.33. The van der Waals surface area contributed by atoms with Gasteiger partial charge in [0.1, 0.15) is 0 Å². The van der Waals surface area contributed by atoms with Crippen LogP contribution in [0.3, 0.4) is 0 Å². The summed E-state index contributed by atoms with van der Waals surface area (Å²) >= 11 is 0. The van der Waals surface area contributed by atoms with Crippen LogP contribution in [0.25, 0.3) is 11.0 Å². The molecule has 0 spiro atoms. The summed E-state index contributed by atoms with van der Waals surface area (Å²) in [5, 5.41) is 3.42. The fraction of sp³-hybridized carbons (Fsp3) is 0.533. The summed E-state index contributed by atoms with van der Waals surface area (Å²) in [5.41, 5.74) is 5.10. The predicted molar refractivity (Wildman–Crippen MR) is 89.3 cm³/mol. The molecule has 1 aliphatic heterocycles. The van der Waals surface area contributed by atoms with Gasteiger partial charge in [0, 0.05) is 6.54 Å². The van der Waals surface area contributed by atoms with Gasteiger partial charge in [0.2, 0.25) is 0 Å². The summed E-state index contributed by atoms with van der Waals surface area (Å²) in [7, 11) is 0. The zero-order chi connectivity index (χ0) is 12.5. The van der Waals surface area contributed by atoms with Crippen LogP contribution in [0.4, 0.5) is 0 Å². The minimum Gasteiger partial charge on any atom is -0.330 e. The molecule has 3 nitrogen and oxygen atoms in total. The lowest BCUT2D eigenvalue weighted by Crippen LogP contribution is -2.29. The molecule has 3 rings (SSSR count). The molecule has 0 radical (unpaired) electrons. The maximum absolute atomic E-state index is 4.53. The highest BCUT2D eigenvalue weighted by atomic mass is 35.5. The number of fused-ring (bicyclic) bond motifs is 1. The topological polar surface area (TPSA) is 29.9 Å². The minimum atomic E-state index is 0. The van der Waals surface area contributed by atoms with Crippen LogP contribution in [0.15, 0.2) is 18.5 Å². The molecule has 1 aromatic carbocycles. The number of hydrogen-bond donors (Lipinski definition) is 1. The number of benzene rings is 1. The number of hydrogen-bond acceptors (Lipinski definition) is 2. The van der Waals surface area contributed by atoms with E-state index >= 15 is 0 Å². The fourth-order valence-corrected chi connectivity index (χ4v) is 2.80. The van der Waals surface area contributed by atoms with Crippen LogP contribution in [0, 0.1) is 19.8 Å². The van der Waals surface area contributed by atoms with Crippen molar-refractivity contribution in [3.63, 3.8) is 0 Å². The lowest BCUT2D eigenvalue weighted by molar-refractivity contribution is 0.336. The number of halogens is 2. The van der Waals surface area contributed by atoms with E-state index in [-0.39, 0.29) is 24.8 Å². The molecule has 0 aliphatic carbocycles. The molecule has 1 fully saturated rings. The third-order valence-corrected chi connectivity index (χ3v) is 4.15. The average molecular weight is 316 g/mol. The van der Waals surface area contributed by atoms with E-state index in [1.54, 1.807) is 0 Å². The number of aromatic nitrogens is 2. The van der Waals surface area contributed by atoms with Crippen molar-refractivity contribution in [2.45, 2.75) is 33.2 Å². The van der Waals surface area contributed by atoms with Crippen LogP contribution in [-0.2, 0) is 6.54 Å². The zero-order valence-corrected chi connectivity index (χ0v) is 13.7. The van der Waals surface area contributed by atoms with Gasteiger partial charge in [-0.3, -0.25) is 0 Å². The molecule has 2 aromatic rings. The lowest BCUT2D eigenvalue weighted by atomic mass is 9.98. The minimum absolute atomic E-state index is 0. The van der Waals surface area contributed by atoms with Crippen molar-refractivity contribution in [1.82, 2.24) is 14.9 Å². The van der Waals surface area contributed by atoms with Crippen LogP contribution in [-0.4, -0.2) is 22.6 Å². The van der Waals surface area contributed by atoms with E-state index in [2.05, 4.69) is 40.8 Å². The lowest BCUT2D eigenvalue weighted by Gasteiger charge is -2.23. The second-order valence-corrected chi connectivity index (χ2v) is 5.52. The van der Waals surface area contributed by atoms with Crippen LogP contribution in [0.1, 0.15) is 24.0 Å². The Balaban J connectivity index is 0.000001000. The van der Waals surface area contributed by atoms with Gasteiger partial charge in [-0.05, 0) is 69.0 Å². The molecule has 1 aliphatic rings. The summed E-state index contributed by atoms with van der Waals surface area (Å²) in [4.78, 5) is 4.53. The first-order chi connectivity index (χ1) is 8.74. The van der Waals surface area contributed by atoms with E-state index in [0.717, 1.165) is 31.1 Å². The Morgan fingerprint density at radius 3 is 2.50 bits per heavy atom. The highest BCUT2D eigenvalue weighted by Crippen LogP contribution is 2.21. The summed E-state index contributed by atoms with van der Waals surface area (Å²) in [6, 6.07) is 4.47. The normalized spacial score (nSPS) is 15.7. The summed E-state index contributed by atoms with van der Waals surface area (Å²) in [6.45, 7) is 7.77. The van der Waals surface area contributed by atoms with Crippen LogP contribution in [0.5, 0.6) is 0 Å². The third-order valence-electron chi connectivity index (χ3n) is 4.15. The smallest absolute Gasteiger partial charge is 0.0958 e. The van der Waals surface area contributed by atoms with Crippen LogP contribution in [0.2, 0.25) is 0 Å². The third kappa shape index (κ3) is 3.46. The van der Waals surface area contributed by atoms with Gasteiger partial charge in [0.05, 0.1) is 17.4 Å². The van der Waals surface area contributed by atoms with Crippen molar-refractivity contribution in [2.24, 2.45) is 5.92 Å². The average Bonchev–Trinajstić information content (AvgIpc) is 2.74. The number of rotatable bonds is 2. The van der Waals surface area contributed by atoms with E-state index in [1.165, 1.54) is 29.5 Å². The molecule has 0 saturated carbocycles. The molecule has 1 aromatic heterocycles. The zero-order valence-electron chi connectivity index (χ0n) is 12.1. The molecule has 0 bridgehead atoms. The molecular formula is C15H23Cl2N3. The van der Waals surface area contributed by atoms with Crippen molar-refractivity contribution in [2.75, 3.05) is 13.1 Å². The number of piperidine rings is 1. The standard InChI is InChI=1S/C15H21N3.2ClH/c1-11-7-14-15(8-12(11)2)18(10-17-14)9-13-3-5-16-6-4-13;;/h7-8,10,13,16H,3-6,9H2,1-2H3;2*1H. The number of nitrogens with one attached hydrogen (secondary N) is 1. The monoisotopic (exact) mass is 315 g/mol. The quantitative estimate of drug-likeness (QED) is 0.919. The first-order valence-electron chi connectivity index (χ1n) is 6.87. The molecule has 2 heterocycles. The van der Waals surface area contributed by atoms with E-state index < -0.39 is 0 Å². The Bertz CT molecular complexity index is 559. The fourth-order valence-electron chi connectivity index (χ4n) is 2.80. The molecule has 5 heteroatoms. The van der Waals surface area contributed by atoms with Gasteiger partial charge in [0.15, 0.2) is 0 Å². The van der Waals surface area contributed by atoms with Crippen molar-refractivity contribution in [3.8, 4) is 0 Å². The SMILES string of the molecule is Cc1cc2ncn(CC3CCNCC3)c2cc1C.Cl.Cl. The highest BCUT2D eigenvalue weighted by molar-refractivity contribution is 5.85. The number of nitrogens with zero attached hydrogens (tertiary/aromatic N) is 2. The molecule has 1 N–H and O–H groups in total. The van der Waals surface area contributed by atoms with Crippen molar-refractivity contribution < 1.29 is 0 Å². The van der Waals surface area contributed by atoms with Gasteiger partial charge < -0.3 is 9.88 Å². The van der Waals surface area contributed by atoms with Gasteiger partial charge in [-0.25, -0.2) is 4.98 Å². The molecule has 112 valence electrons. The molecule has 1 saturated heterocycles. The van der Waals surface area contributed by atoms with Crippen LogP contribution >= 0.6 is 24.8 Å². The summed E-state index contributed by atoms with van der Waals surface area (Å²) in [6.07, 6.45) is 4.57. The Morgan fingerprint density at radius 2 is 1.80 bits per heavy atom. The first-order valence-corrected chi connectivity index (χ1v) is 6.87. The molecule has 0 unspecified atom stereocenters. The van der Waals surface area contributed by atoms with Gasteiger partial charge in [-0.1, -0.05) is 0 Å². The van der Waals surface area contributed by atoms with Crippen molar-refractivity contribution in [3.05, 3.63) is 29.6 Å². The first kappa shape index (κ1) is 17.3. The van der Waals surface area contributed by atoms with Crippen LogP contribution < -0.4 is 5.32 Å². The number of imidazole rings is 1. The molecule has 0 amide bonds. The number of aryl methyl sites for hydroxylation is 2. The maximum atomic E-state index is 4.53. The van der Waals surface area contributed by atoms with Gasteiger partial charge >= 0.3 is 0 Å². The van der Waals surface area contributed by atoms with Crippen molar-refractivity contribution in [1.29, 1.82) is 0 Å².